The molecule has 1 N–H and O–H groups in total. The van der Waals surface area contributed by atoms with Crippen LogP contribution in [0.5, 0.6) is 0 Å². The number of hydrogen-bond acceptors (Lipinski definition) is 4. The molecule has 0 fully saturated rings. The molecule has 0 atom stereocenters. The van der Waals surface area contributed by atoms with E-state index < -0.39 is 16.5 Å². The zero-order chi connectivity index (χ0) is 15.4. The summed E-state index contributed by atoms with van der Waals surface area (Å²) < 4.78 is 0. The summed E-state index contributed by atoms with van der Waals surface area (Å²) in [5.41, 5.74) is 0.112. The van der Waals surface area contributed by atoms with E-state index in [0.29, 0.717) is 5.69 Å². The minimum absolute atomic E-state index is 0.0643. The molecule has 0 aromatic heterocycles. The number of carbonyl (C=O) groups is 1. The van der Waals surface area contributed by atoms with Crippen molar-refractivity contribution in [2.45, 2.75) is 4.90 Å². The lowest BCUT2D eigenvalue weighted by Crippen LogP contribution is -2.14. The van der Waals surface area contributed by atoms with Gasteiger partial charge in [-0.2, -0.15) is 0 Å². The minimum atomic E-state index is -0.657. The highest BCUT2D eigenvalue weighted by molar-refractivity contribution is 7.98. The van der Waals surface area contributed by atoms with Gasteiger partial charge in [0.25, 0.3) is 5.91 Å². The number of rotatable bonds is 4. The second kappa shape index (κ2) is 6.60. The standard InChI is InChI=1S/C14H11ClN2O3S/c1-21-10-5-2-4-9(8-10)16-14(18)11-6-3-7-12(15)13(11)17(19)20/h2-8H,1H3,(H,16,18). The van der Waals surface area contributed by atoms with Gasteiger partial charge >= 0.3 is 5.69 Å². The molecule has 0 aliphatic heterocycles. The Morgan fingerprint density at radius 3 is 2.67 bits per heavy atom. The third kappa shape index (κ3) is 3.53. The van der Waals surface area contributed by atoms with Crippen LogP contribution in [0.2, 0.25) is 5.02 Å². The largest absolute Gasteiger partial charge is 0.322 e. The van der Waals surface area contributed by atoms with Crippen molar-refractivity contribution in [3.05, 3.63) is 63.2 Å². The molecule has 0 spiro atoms. The summed E-state index contributed by atoms with van der Waals surface area (Å²) in [7, 11) is 0. The van der Waals surface area contributed by atoms with Gasteiger partial charge in [-0.3, -0.25) is 14.9 Å². The van der Waals surface area contributed by atoms with Crippen LogP contribution in [0.1, 0.15) is 10.4 Å². The van der Waals surface area contributed by atoms with E-state index in [0.717, 1.165) is 4.90 Å². The Hall–Kier alpha value is -2.05. The van der Waals surface area contributed by atoms with Gasteiger partial charge in [0.15, 0.2) is 0 Å². The van der Waals surface area contributed by atoms with Crippen LogP contribution >= 0.6 is 23.4 Å². The smallest absolute Gasteiger partial charge is 0.300 e. The summed E-state index contributed by atoms with van der Waals surface area (Å²) in [5.74, 6) is -0.567. The van der Waals surface area contributed by atoms with Crippen molar-refractivity contribution in [1.29, 1.82) is 0 Å². The molecule has 2 aromatic carbocycles. The number of nitro benzene ring substituents is 1. The van der Waals surface area contributed by atoms with Crippen LogP contribution in [0.25, 0.3) is 0 Å². The Morgan fingerprint density at radius 1 is 1.29 bits per heavy atom. The van der Waals surface area contributed by atoms with Crippen LogP contribution in [0.4, 0.5) is 11.4 Å². The number of carbonyl (C=O) groups excluding carboxylic acids is 1. The molecule has 5 nitrogen and oxygen atoms in total. The highest BCUT2D eigenvalue weighted by Crippen LogP contribution is 2.29. The number of amides is 1. The summed E-state index contributed by atoms with van der Waals surface area (Å²) in [6, 6.07) is 11.5. The number of anilines is 1. The average Bonchev–Trinajstić information content (AvgIpc) is 2.46. The molecular formula is C14H11ClN2O3S. The Balaban J connectivity index is 2.32. The highest BCUT2D eigenvalue weighted by atomic mass is 35.5. The molecule has 2 aromatic rings. The maximum atomic E-state index is 12.2. The lowest BCUT2D eigenvalue weighted by Gasteiger charge is -2.07. The van der Waals surface area contributed by atoms with Gasteiger partial charge in [-0.15, -0.1) is 11.8 Å². The quantitative estimate of drug-likeness (QED) is 0.519. The summed E-state index contributed by atoms with van der Waals surface area (Å²) in [6.07, 6.45) is 1.92. The third-order valence-corrected chi connectivity index (χ3v) is 3.77. The second-order valence-electron chi connectivity index (χ2n) is 4.08. The maximum absolute atomic E-state index is 12.2. The number of nitro groups is 1. The molecule has 2 rings (SSSR count). The summed E-state index contributed by atoms with van der Waals surface area (Å²) in [5, 5.41) is 13.6. The molecule has 21 heavy (non-hydrogen) atoms. The first-order valence-corrected chi connectivity index (χ1v) is 7.51. The van der Waals surface area contributed by atoms with E-state index in [1.165, 1.54) is 30.0 Å². The van der Waals surface area contributed by atoms with Gasteiger partial charge < -0.3 is 5.32 Å². The Morgan fingerprint density at radius 2 is 2.00 bits per heavy atom. The van der Waals surface area contributed by atoms with Gasteiger partial charge in [-0.25, -0.2) is 0 Å². The molecule has 1 amide bonds. The lowest BCUT2D eigenvalue weighted by atomic mass is 10.1. The molecule has 108 valence electrons. The number of hydrogen-bond donors (Lipinski definition) is 1. The van der Waals surface area contributed by atoms with Crippen molar-refractivity contribution in [2.24, 2.45) is 0 Å². The van der Waals surface area contributed by atoms with Crippen molar-refractivity contribution in [3.8, 4) is 0 Å². The van der Waals surface area contributed by atoms with Gasteiger partial charge in [-0.05, 0) is 36.6 Å². The summed E-state index contributed by atoms with van der Waals surface area (Å²) in [4.78, 5) is 23.6. The maximum Gasteiger partial charge on any atom is 0.300 e. The molecule has 0 unspecified atom stereocenters. The number of nitrogens with one attached hydrogen (secondary N) is 1. The SMILES string of the molecule is CSc1cccc(NC(=O)c2cccc(Cl)c2[N+](=O)[O-])c1. The molecule has 0 bridgehead atoms. The monoisotopic (exact) mass is 322 g/mol. The number of halogens is 1. The van der Waals surface area contributed by atoms with E-state index >= 15 is 0 Å². The minimum Gasteiger partial charge on any atom is -0.322 e. The second-order valence-corrected chi connectivity index (χ2v) is 5.37. The van der Waals surface area contributed by atoms with Gasteiger partial charge in [0.1, 0.15) is 10.6 Å². The van der Waals surface area contributed by atoms with Crippen molar-refractivity contribution in [2.75, 3.05) is 11.6 Å². The van der Waals surface area contributed by atoms with E-state index in [1.807, 2.05) is 12.3 Å². The number of para-hydroxylation sites is 1. The first kappa shape index (κ1) is 15.3. The number of benzene rings is 2. The van der Waals surface area contributed by atoms with Crippen LogP contribution in [0, 0.1) is 10.1 Å². The topological polar surface area (TPSA) is 72.2 Å². The van der Waals surface area contributed by atoms with E-state index in [2.05, 4.69) is 5.32 Å². The summed E-state index contributed by atoms with van der Waals surface area (Å²) >= 11 is 7.33. The molecule has 0 saturated heterocycles. The van der Waals surface area contributed by atoms with Crippen LogP contribution in [-0.2, 0) is 0 Å². The molecule has 0 aliphatic rings. The Labute approximate surface area is 130 Å². The Bertz CT molecular complexity index is 706. The first-order valence-electron chi connectivity index (χ1n) is 5.91. The van der Waals surface area contributed by atoms with Gasteiger partial charge in [-0.1, -0.05) is 23.7 Å². The van der Waals surface area contributed by atoms with Gasteiger partial charge in [0, 0.05) is 10.6 Å². The van der Waals surface area contributed by atoms with Crippen LogP contribution < -0.4 is 5.32 Å². The number of nitrogens with zero attached hydrogens (tertiary/aromatic N) is 1. The van der Waals surface area contributed by atoms with Crippen LogP contribution in [0.3, 0.4) is 0 Å². The third-order valence-electron chi connectivity index (χ3n) is 2.74. The van der Waals surface area contributed by atoms with Gasteiger partial charge in [0.2, 0.25) is 0 Å². The fourth-order valence-electron chi connectivity index (χ4n) is 1.78. The van der Waals surface area contributed by atoms with E-state index in [1.54, 1.807) is 18.2 Å². The highest BCUT2D eigenvalue weighted by Gasteiger charge is 2.23. The van der Waals surface area contributed by atoms with Crippen molar-refractivity contribution < 1.29 is 9.72 Å². The van der Waals surface area contributed by atoms with E-state index in [-0.39, 0.29) is 10.6 Å². The average molecular weight is 323 g/mol. The molecular weight excluding hydrogens is 312 g/mol. The lowest BCUT2D eigenvalue weighted by molar-refractivity contribution is -0.385. The predicted molar refractivity (Wildman–Crippen MR) is 84.3 cm³/mol. The fraction of sp³-hybridized carbons (Fsp3) is 0.0714. The first-order chi connectivity index (χ1) is 10.0. The van der Waals surface area contributed by atoms with Crippen LogP contribution in [0.15, 0.2) is 47.4 Å². The summed E-state index contributed by atoms with van der Waals surface area (Å²) in [6.45, 7) is 0. The van der Waals surface area contributed by atoms with Crippen molar-refractivity contribution >= 4 is 40.6 Å². The normalized spacial score (nSPS) is 10.2. The van der Waals surface area contributed by atoms with Crippen molar-refractivity contribution in [3.63, 3.8) is 0 Å². The zero-order valence-electron chi connectivity index (χ0n) is 11.0. The van der Waals surface area contributed by atoms with Crippen molar-refractivity contribution in [1.82, 2.24) is 0 Å². The molecule has 0 aliphatic carbocycles. The van der Waals surface area contributed by atoms with E-state index in [4.69, 9.17) is 11.6 Å². The molecule has 0 saturated carbocycles. The van der Waals surface area contributed by atoms with Crippen LogP contribution in [-0.4, -0.2) is 17.1 Å². The Kier molecular flexibility index (Phi) is 4.82. The number of thioether (sulfide) groups is 1. The van der Waals surface area contributed by atoms with Gasteiger partial charge in [0.05, 0.1) is 4.92 Å². The molecule has 0 heterocycles. The van der Waals surface area contributed by atoms with E-state index in [9.17, 15) is 14.9 Å². The molecule has 7 heteroatoms. The predicted octanol–water partition coefficient (Wildman–Crippen LogP) is 4.22. The fourth-order valence-corrected chi connectivity index (χ4v) is 2.49. The molecule has 0 radical (unpaired) electrons. The zero-order valence-corrected chi connectivity index (χ0v) is 12.6.